The third-order valence-electron chi connectivity index (χ3n) is 3.69. The Kier molecular flexibility index (Phi) is 8.26. The van der Waals surface area contributed by atoms with Gasteiger partial charge in [0.15, 0.2) is 0 Å². The lowest BCUT2D eigenvalue weighted by molar-refractivity contribution is -0.142. The van der Waals surface area contributed by atoms with Crippen LogP contribution in [0.4, 0.5) is 10.1 Å². The molecule has 0 aliphatic rings. The molecule has 2 aromatic rings. The Balaban J connectivity index is 1.63. The summed E-state index contributed by atoms with van der Waals surface area (Å²) in [6.07, 6.45) is 1.45. The largest absolute Gasteiger partial charge is 0.465 e. The van der Waals surface area contributed by atoms with Crippen molar-refractivity contribution in [3.63, 3.8) is 0 Å². The summed E-state index contributed by atoms with van der Waals surface area (Å²) in [6.45, 7) is 3.97. The van der Waals surface area contributed by atoms with Crippen LogP contribution >= 0.6 is 11.8 Å². The Morgan fingerprint density at radius 3 is 2.67 bits per heavy atom. The summed E-state index contributed by atoms with van der Waals surface area (Å²) in [7, 11) is 0. The number of pyridine rings is 1. The number of thioether (sulfide) groups is 1. The highest BCUT2D eigenvalue weighted by atomic mass is 32.2. The van der Waals surface area contributed by atoms with E-state index in [2.05, 4.69) is 10.3 Å². The highest BCUT2D eigenvalue weighted by molar-refractivity contribution is 8.01. The zero-order valence-corrected chi connectivity index (χ0v) is 16.2. The second-order valence-electron chi connectivity index (χ2n) is 6.05. The van der Waals surface area contributed by atoms with E-state index in [1.165, 1.54) is 36.0 Å². The molecular formula is C20H23FN2O3S. The first kappa shape index (κ1) is 20.9. The SMILES string of the molecule is Cc1cccc(CCCOC(=O)C(C)SCC(=O)Nc2ccc(F)cc2)n1. The molecule has 27 heavy (non-hydrogen) atoms. The fourth-order valence-electron chi connectivity index (χ4n) is 2.28. The minimum atomic E-state index is -0.443. The van der Waals surface area contributed by atoms with Crippen LogP contribution in [0.3, 0.4) is 0 Å². The molecule has 5 nitrogen and oxygen atoms in total. The van der Waals surface area contributed by atoms with E-state index < -0.39 is 5.25 Å². The lowest BCUT2D eigenvalue weighted by atomic mass is 10.2. The Morgan fingerprint density at radius 1 is 1.22 bits per heavy atom. The van der Waals surface area contributed by atoms with E-state index in [1.807, 2.05) is 25.1 Å². The average molecular weight is 390 g/mol. The van der Waals surface area contributed by atoms with Gasteiger partial charge in [0.2, 0.25) is 5.91 Å². The highest BCUT2D eigenvalue weighted by Crippen LogP contribution is 2.14. The standard InChI is InChI=1S/C20H23FN2O3S/c1-14-5-3-6-17(22-14)7-4-12-26-20(25)15(2)27-13-19(24)23-18-10-8-16(21)9-11-18/h3,5-6,8-11,15H,4,7,12-13H2,1-2H3,(H,23,24). The summed E-state index contributed by atoms with van der Waals surface area (Å²) in [4.78, 5) is 28.3. The number of hydrogen-bond acceptors (Lipinski definition) is 5. The molecule has 1 N–H and O–H groups in total. The number of aryl methyl sites for hydroxylation is 2. The number of aromatic nitrogens is 1. The van der Waals surface area contributed by atoms with Gasteiger partial charge in [0.1, 0.15) is 11.1 Å². The van der Waals surface area contributed by atoms with Crippen molar-refractivity contribution in [2.24, 2.45) is 0 Å². The van der Waals surface area contributed by atoms with Crippen molar-refractivity contribution in [2.45, 2.75) is 31.9 Å². The predicted octanol–water partition coefficient (Wildman–Crippen LogP) is 3.77. The van der Waals surface area contributed by atoms with Crippen LogP contribution in [0.1, 0.15) is 24.7 Å². The minimum Gasteiger partial charge on any atom is -0.465 e. The van der Waals surface area contributed by atoms with Gasteiger partial charge in [-0.15, -0.1) is 11.8 Å². The van der Waals surface area contributed by atoms with E-state index in [0.717, 1.165) is 17.8 Å². The molecule has 0 spiro atoms. The Hall–Kier alpha value is -2.41. The van der Waals surface area contributed by atoms with E-state index in [0.29, 0.717) is 18.7 Å². The van der Waals surface area contributed by atoms with Crippen molar-refractivity contribution in [1.29, 1.82) is 0 Å². The maximum atomic E-state index is 12.8. The number of ether oxygens (including phenoxy) is 1. The van der Waals surface area contributed by atoms with Crippen LogP contribution in [0.2, 0.25) is 0 Å². The first-order chi connectivity index (χ1) is 12.9. The zero-order valence-electron chi connectivity index (χ0n) is 15.4. The van der Waals surface area contributed by atoms with Crippen molar-refractivity contribution < 1.29 is 18.7 Å². The maximum absolute atomic E-state index is 12.8. The second-order valence-corrected chi connectivity index (χ2v) is 7.38. The number of halogens is 1. The first-order valence-electron chi connectivity index (χ1n) is 8.70. The summed E-state index contributed by atoms with van der Waals surface area (Å²) >= 11 is 1.20. The molecular weight excluding hydrogens is 367 g/mol. The number of nitrogens with one attached hydrogen (secondary N) is 1. The highest BCUT2D eigenvalue weighted by Gasteiger charge is 2.16. The van der Waals surface area contributed by atoms with Gasteiger partial charge in [-0.2, -0.15) is 0 Å². The molecule has 1 aromatic heterocycles. The molecule has 1 aromatic carbocycles. The van der Waals surface area contributed by atoms with Crippen molar-refractivity contribution in [1.82, 2.24) is 4.98 Å². The van der Waals surface area contributed by atoms with Gasteiger partial charge >= 0.3 is 5.97 Å². The smallest absolute Gasteiger partial charge is 0.318 e. The topological polar surface area (TPSA) is 68.3 Å². The molecule has 1 amide bonds. The number of anilines is 1. The summed E-state index contributed by atoms with van der Waals surface area (Å²) in [5, 5.41) is 2.21. The van der Waals surface area contributed by atoms with Gasteiger partial charge in [-0.1, -0.05) is 6.07 Å². The fourth-order valence-corrected chi connectivity index (χ4v) is 2.96. The molecule has 144 valence electrons. The monoisotopic (exact) mass is 390 g/mol. The lowest BCUT2D eigenvalue weighted by Gasteiger charge is -2.11. The molecule has 0 bridgehead atoms. The normalized spacial score (nSPS) is 11.7. The van der Waals surface area contributed by atoms with Gasteiger partial charge in [0, 0.05) is 17.1 Å². The predicted molar refractivity (Wildman–Crippen MR) is 105 cm³/mol. The molecule has 0 fully saturated rings. The summed E-state index contributed by atoms with van der Waals surface area (Å²) in [5.74, 6) is -0.846. The van der Waals surface area contributed by atoms with Crippen LogP contribution in [-0.4, -0.2) is 34.5 Å². The first-order valence-corrected chi connectivity index (χ1v) is 9.75. The van der Waals surface area contributed by atoms with E-state index in [4.69, 9.17) is 4.74 Å². The molecule has 0 aliphatic carbocycles. The number of benzene rings is 1. The molecule has 1 heterocycles. The average Bonchev–Trinajstić information content (AvgIpc) is 2.65. The van der Waals surface area contributed by atoms with Crippen molar-refractivity contribution in [3.8, 4) is 0 Å². The summed E-state index contributed by atoms with van der Waals surface area (Å²) < 4.78 is 18.1. The number of carbonyl (C=O) groups is 2. The van der Waals surface area contributed by atoms with E-state index in [9.17, 15) is 14.0 Å². The van der Waals surface area contributed by atoms with Crippen LogP contribution in [0.5, 0.6) is 0 Å². The van der Waals surface area contributed by atoms with Gasteiger partial charge in [0.05, 0.1) is 12.4 Å². The molecule has 0 aliphatic heterocycles. The van der Waals surface area contributed by atoms with Gasteiger partial charge < -0.3 is 10.1 Å². The van der Waals surface area contributed by atoms with Gasteiger partial charge in [-0.05, 0) is 63.1 Å². The quantitative estimate of drug-likeness (QED) is 0.521. The van der Waals surface area contributed by atoms with Crippen LogP contribution < -0.4 is 5.32 Å². The number of nitrogens with zero attached hydrogens (tertiary/aromatic N) is 1. The number of rotatable bonds is 9. The van der Waals surface area contributed by atoms with E-state index >= 15 is 0 Å². The number of carbonyl (C=O) groups excluding carboxylic acids is 2. The Morgan fingerprint density at radius 2 is 1.96 bits per heavy atom. The number of esters is 1. The van der Waals surface area contributed by atoms with Crippen LogP contribution in [0.25, 0.3) is 0 Å². The molecule has 0 radical (unpaired) electrons. The van der Waals surface area contributed by atoms with Crippen LogP contribution in [-0.2, 0) is 20.7 Å². The maximum Gasteiger partial charge on any atom is 0.318 e. The van der Waals surface area contributed by atoms with Crippen molar-refractivity contribution >= 4 is 29.3 Å². The molecule has 2 rings (SSSR count). The van der Waals surface area contributed by atoms with Crippen LogP contribution in [0.15, 0.2) is 42.5 Å². The fraction of sp³-hybridized carbons (Fsp3) is 0.350. The summed E-state index contributed by atoms with van der Waals surface area (Å²) in [5.41, 5.74) is 2.46. The van der Waals surface area contributed by atoms with Crippen molar-refractivity contribution in [3.05, 3.63) is 59.7 Å². The van der Waals surface area contributed by atoms with E-state index in [1.54, 1.807) is 6.92 Å². The molecule has 1 unspecified atom stereocenters. The summed E-state index contributed by atoms with van der Waals surface area (Å²) in [6, 6.07) is 11.4. The third-order valence-corrected chi connectivity index (χ3v) is 4.81. The minimum absolute atomic E-state index is 0.112. The van der Waals surface area contributed by atoms with Crippen LogP contribution in [0, 0.1) is 12.7 Å². The second kappa shape index (κ2) is 10.7. The third kappa shape index (κ3) is 7.78. The van der Waals surface area contributed by atoms with E-state index in [-0.39, 0.29) is 23.4 Å². The van der Waals surface area contributed by atoms with Gasteiger partial charge in [-0.3, -0.25) is 14.6 Å². The Bertz CT molecular complexity index is 768. The van der Waals surface area contributed by atoms with Gasteiger partial charge in [-0.25, -0.2) is 4.39 Å². The zero-order chi connectivity index (χ0) is 19.6. The lowest BCUT2D eigenvalue weighted by Crippen LogP contribution is -2.22. The van der Waals surface area contributed by atoms with Crippen molar-refractivity contribution in [2.75, 3.05) is 17.7 Å². The molecule has 0 saturated heterocycles. The molecule has 0 saturated carbocycles. The number of amides is 1. The molecule has 1 atom stereocenters. The van der Waals surface area contributed by atoms with Gasteiger partial charge in [0.25, 0.3) is 0 Å². The molecule has 7 heteroatoms. The Labute approximate surface area is 162 Å². The number of hydrogen-bond donors (Lipinski definition) is 1.